The molecule has 1 aliphatic rings. The topological polar surface area (TPSA) is 3.24 Å². The SMILES string of the molecule is C=C(/C=C\C)N(CCC)C1=CCC[C@@H](C)C=C1. The van der Waals surface area contributed by atoms with Crippen LogP contribution in [0.4, 0.5) is 0 Å². The molecule has 1 rings (SSSR count). The van der Waals surface area contributed by atoms with Crippen LogP contribution in [0.5, 0.6) is 0 Å². The fourth-order valence-electron chi connectivity index (χ4n) is 2.07. The predicted octanol–water partition coefficient (Wildman–Crippen LogP) is 4.66. The minimum atomic E-state index is 0.683. The molecule has 1 aliphatic carbocycles. The summed E-state index contributed by atoms with van der Waals surface area (Å²) in [7, 11) is 0. The maximum Gasteiger partial charge on any atom is 0.0366 e. The van der Waals surface area contributed by atoms with Gasteiger partial charge in [0, 0.05) is 17.9 Å². The molecule has 0 aliphatic heterocycles. The van der Waals surface area contributed by atoms with Crippen molar-refractivity contribution in [3.05, 3.63) is 48.4 Å². The van der Waals surface area contributed by atoms with Crippen molar-refractivity contribution in [2.24, 2.45) is 5.92 Å². The summed E-state index contributed by atoms with van der Waals surface area (Å²) >= 11 is 0. The zero-order valence-corrected chi connectivity index (χ0v) is 11.4. The second-order valence-corrected chi connectivity index (χ2v) is 4.69. The molecule has 0 radical (unpaired) electrons. The van der Waals surface area contributed by atoms with Crippen molar-refractivity contribution in [2.45, 2.75) is 40.0 Å². The van der Waals surface area contributed by atoms with Gasteiger partial charge in [0.1, 0.15) is 0 Å². The van der Waals surface area contributed by atoms with E-state index in [-0.39, 0.29) is 0 Å². The van der Waals surface area contributed by atoms with Crippen molar-refractivity contribution in [3.63, 3.8) is 0 Å². The lowest BCUT2D eigenvalue weighted by Gasteiger charge is -2.25. The van der Waals surface area contributed by atoms with Crippen molar-refractivity contribution >= 4 is 0 Å². The Balaban J connectivity index is 2.85. The van der Waals surface area contributed by atoms with Crippen molar-refractivity contribution in [1.82, 2.24) is 4.90 Å². The molecule has 0 spiro atoms. The first-order chi connectivity index (χ1) is 8.19. The van der Waals surface area contributed by atoms with Crippen LogP contribution < -0.4 is 0 Å². The third-order valence-electron chi connectivity index (χ3n) is 3.04. The third-order valence-corrected chi connectivity index (χ3v) is 3.04. The van der Waals surface area contributed by atoms with Crippen LogP contribution in [0.15, 0.2) is 48.4 Å². The van der Waals surface area contributed by atoms with E-state index in [1.54, 1.807) is 0 Å². The van der Waals surface area contributed by atoms with Gasteiger partial charge in [0.25, 0.3) is 0 Å². The average Bonchev–Trinajstić information content (AvgIpc) is 2.51. The molecule has 94 valence electrons. The fraction of sp³-hybridized carbons (Fsp3) is 0.500. The van der Waals surface area contributed by atoms with Crippen LogP contribution in [0.1, 0.15) is 40.0 Å². The molecule has 0 fully saturated rings. The number of hydrogen-bond donors (Lipinski definition) is 0. The molecule has 0 bridgehead atoms. The second kappa shape index (κ2) is 7.16. The first-order valence-corrected chi connectivity index (χ1v) is 6.66. The number of rotatable bonds is 5. The van der Waals surface area contributed by atoms with E-state index >= 15 is 0 Å². The summed E-state index contributed by atoms with van der Waals surface area (Å²) in [5.41, 5.74) is 2.39. The van der Waals surface area contributed by atoms with E-state index in [9.17, 15) is 0 Å². The Labute approximate surface area is 106 Å². The molecule has 0 saturated heterocycles. The molecule has 0 aromatic rings. The average molecular weight is 231 g/mol. The van der Waals surface area contributed by atoms with Gasteiger partial charge in [-0.25, -0.2) is 0 Å². The van der Waals surface area contributed by atoms with E-state index in [1.165, 1.54) is 12.1 Å². The number of hydrogen-bond acceptors (Lipinski definition) is 1. The van der Waals surface area contributed by atoms with Crippen LogP contribution in [0.25, 0.3) is 0 Å². The van der Waals surface area contributed by atoms with Crippen molar-refractivity contribution in [1.29, 1.82) is 0 Å². The highest BCUT2D eigenvalue weighted by atomic mass is 15.1. The van der Waals surface area contributed by atoms with E-state index in [0.717, 1.165) is 25.1 Å². The van der Waals surface area contributed by atoms with Gasteiger partial charge in [0.05, 0.1) is 0 Å². The predicted molar refractivity (Wildman–Crippen MR) is 76.6 cm³/mol. The quantitative estimate of drug-likeness (QED) is 0.622. The Morgan fingerprint density at radius 3 is 3.00 bits per heavy atom. The largest absolute Gasteiger partial charge is 0.342 e. The van der Waals surface area contributed by atoms with Crippen LogP contribution in [-0.4, -0.2) is 11.4 Å². The molecule has 0 aromatic heterocycles. The zero-order valence-electron chi connectivity index (χ0n) is 11.4. The summed E-state index contributed by atoms with van der Waals surface area (Å²) in [6.07, 6.45) is 14.6. The minimum absolute atomic E-state index is 0.683. The molecule has 0 saturated carbocycles. The maximum atomic E-state index is 4.15. The maximum absolute atomic E-state index is 4.15. The standard InChI is InChI=1S/C16H25N/c1-5-8-15(4)17(13-6-2)16-10-7-9-14(3)11-12-16/h5,8,10-12,14H,4,6-7,9,13H2,1-3H3/b8-5-/t14-/m1/s1. The van der Waals surface area contributed by atoms with Gasteiger partial charge >= 0.3 is 0 Å². The van der Waals surface area contributed by atoms with Gasteiger partial charge in [0.15, 0.2) is 0 Å². The van der Waals surface area contributed by atoms with Crippen molar-refractivity contribution in [2.75, 3.05) is 6.54 Å². The van der Waals surface area contributed by atoms with E-state index in [1.807, 2.05) is 6.92 Å². The number of allylic oxidation sites excluding steroid dienone is 5. The summed E-state index contributed by atoms with van der Waals surface area (Å²) in [4.78, 5) is 2.31. The van der Waals surface area contributed by atoms with Crippen LogP contribution in [0.2, 0.25) is 0 Å². The molecule has 1 heteroatoms. The van der Waals surface area contributed by atoms with Gasteiger partial charge < -0.3 is 4.90 Å². The lowest BCUT2D eigenvalue weighted by atomic mass is 10.1. The van der Waals surface area contributed by atoms with Crippen LogP contribution in [0, 0.1) is 5.92 Å². The molecule has 0 aromatic carbocycles. The zero-order chi connectivity index (χ0) is 12.7. The monoisotopic (exact) mass is 231 g/mol. The van der Waals surface area contributed by atoms with Gasteiger partial charge in [-0.15, -0.1) is 0 Å². The first kappa shape index (κ1) is 13.8. The smallest absolute Gasteiger partial charge is 0.0366 e. The third kappa shape index (κ3) is 4.26. The molecule has 1 atom stereocenters. The molecule has 0 heterocycles. The van der Waals surface area contributed by atoms with Crippen LogP contribution in [-0.2, 0) is 0 Å². The van der Waals surface area contributed by atoms with Gasteiger partial charge in [0.2, 0.25) is 0 Å². The Kier molecular flexibility index (Phi) is 5.82. The normalized spacial score (nSPS) is 20.2. The summed E-state index contributed by atoms with van der Waals surface area (Å²) in [6.45, 7) is 11.7. The second-order valence-electron chi connectivity index (χ2n) is 4.69. The lowest BCUT2D eigenvalue weighted by molar-refractivity contribution is 0.450. The van der Waals surface area contributed by atoms with E-state index < -0.39 is 0 Å². The summed E-state index contributed by atoms with van der Waals surface area (Å²) in [6, 6.07) is 0. The van der Waals surface area contributed by atoms with Crippen LogP contribution >= 0.6 is 0 Å². The molecule has 0 amide bonds. The summed E-state index contributed by atoms with van der Waals surface area (Å²) in [5.74, 6) is 0.683. The summed E-state index contributed by atoms with van der Waals surface area (Å²) < 4.78 is 0. The van der Waals surface area contributed by atoms with E-state index in [0.29, 0.717) is 5.92 Å². The summed E-state index contributed by atoms with van der Waals surface area (Å²) in [5, 5.41) is 0. The molecular weight excluding hydrogens is 206 g/mol. The molecule has 1 nitrogen and oxygen atoms in total. The molecule has 0 N–H and O–H groups in total. The van der Waals surface area contributed by atoms with E-state index in [2.05, 4.69) is 55.7 Å². The highest BCUT2D eigenvalue weighted by Gasteiger charge is 2.10. The Morgan fingerprint density at radius 2 is 2.35 bits per heavy atom. The minimum Gasteiger partial charge on any atom is -0.342 e. The Bertz CT molecular complexity index is 333. The highest BCUT2D eigenvalue weighted by Crippen LogP contribution is 2.21. The van der Waals surface area contributed by atoms with Crippen LogP contribution in [0.3, 0.4) is 0 Å². The molecule has 0 unspecified atom stereocenters. The van der Waals surface area contributed by atoms with Crippen molar-refractivity contribution < 1.29 is 0 Å². The van der Waals surface area contributed by atoms with Gasteiger partial charge in [-0.2, -0.15) is 0 Å². The fourth-order valence-corrected chi connectivity index (χ4v) is 2.07. The van der Waals surface area contributed by atoms with Gasteiger partial charge in [-0.1, -0.05) is 38.7 Å². The van der Waals surface area contributed by atoms with Gasteiger partial charge in [-0.05, 0) is 44.3 Å². The highest BCUT2D eigenvalue weighted by molar-refractivity contribution is 5.28. The van der Waals surface area contributed by atoms with Crippen molar-refractivity contribution in [3.8, 4) is 0 Å². The first-order valence-electron chi connectivity index (χ1n) is 6.66. The van der Waals surface area contributed by atoms with Gasteiger partial charge in [-0.3, -0.25) is 0 Å². The molecule has 17 heavy (non-hydrogen) atoms. The Morgan fingerprint density at radius 1 is 1.59 bits per heavy atom. The van der Waals surface area contributed by atoms with E-state index in [4.69, 9.17) is 0 Å². The Hall–Kier alpha value is -1.24. The lowest BCUT2D eigenvalue weighted by Crippen LogP contribution is -2.21. The molecular formula is C16H25N. The number of nitrogens with zero attached hydrogens (tertiary/aromatic N) is 1.